The topological polar surface area (TPSA) is 54.9 Å². The van der Waals surface area contributed by atoms with Gasteiger partial charge in [-0.05, 0) is 29.8 Å². The van der Waals surface area contributed by atoms with Gasteiger partial charge in [-0.1, -0.05) is 25.1 Å². The third kappa shape index (κ3) is 4.02. The molecule has 1 aromatic carbocycles. The average Bonchev–Trinajstić information content (AvgIpc) is 3.03. The van der Waals surface area contributed by atoms with Crippen LogP contribution >= 0.6 is 11.3 Å². The number of thiazole rings is 1. The monoisotopic (exact) mass is 323 g/mol. The summed E-state index contributed by atoms with van der Waals surface area (Å²) in [4.78, 5) is 20.5. The average molecular weight is 323 g/mol. The standard InChI is InChI=1S/C18H17N3OS/c1-13(18-21-15-6-2-3-7-16(15)23-18)11-20-17(22)9-8-14-5-4-10-19-12-14/h2-10,12-13H,11H2,1H3,(H,20,22)/b9-8+. The molecular formula is C18H17N3OS. The smallest absolute Gasteiger partial charge is 0.244 e. The maximum absolute atomic E-state index is 11.9. The third-order valence-electron chi connectivity index (χ3n) is 3.43. The quantitative estimate of drug-likeness (QED) is 0.730. The highest BCUT2D eigenvalue weighted by Crippen LogP contribution is 2.26. The Morgan fingerprint density at radius 1 is 1.30 bits per heavy atom. The Bertz CT molecular complexity index is 793. The predicted molar refractivity (Wildman–Crippen MR) is 94.3 cm³/mol. The Kier molecular flexibility index (Phi) is 4.78. The number of carbonyl (C=O) groups excluding carboxylic acids is 1. The molecule has 2 aromatic heterocycles. The molecule has 0 spiro atoms. The summed E-state index contributed by atoms with van der Waals surface area (Å²) in [6.07, 6.45) is 6.71. The van der Waals surface area contributed by atoms with Crippen LogP contribution in [0.3, 0.4) is 0 Å². The van der Waals surface area contributed by atoms with Crippen LogP contribution in [0, 0.1) is 0 Å². The van der Waals surface area contributed by atoms with E-state index >= 15 is 0 Å². The number of hydrogen-bond donors (Lipinski definition) is 1. The summed E-state index contributed by atoms with van der Waals surface area (Å²) in [5.74, 6) is 0.0740. The minimum Gasteiger partial charge on any atom is -0.352 e. The zero-order chi connectivity index (χ0) is 16.1. The number of pyridine rings is 1. The molecule has 0 saturated heterocycles. The van der Waals surface area contributed by atoms with Gasteiger partial charge in [0.05, 0.1) is 15.2 Å². The molecular weight excluding hydrogens is 306 g/mol. The van der Waals surface area contributed by atoms with Crippen LogP contribution in [0.5, 0.6) is 0 Å². The molecule has 1 amide bonds. The second kappa shape index (κ2) is 7.15. The van der Waals surface area contributed by atoms with Crippen molar-refractivity contribution in [2.75, 3.05) is 6.54 Å². The summed E-state index contributed by atoms with van der Waals surface area (Å²) in [5.41, 5.74) is 1.92. The molecule has 1 atom stereocenters. The Balaban J connectivity index is 1.57. The van der Waals surface area contributed by atoms with Crippen LogP contribution in [0.15, 0.2) is 54.9 Å². The molecule has 0 aliphatic heterocycles. The van der Waals surface area contributed by atoms with Gasteiger partial charge in [0.2, 0.25) is 5.91 Å². The number of benzene rings is 1. The molecule has 3 aromatic rings. The number of amides is 1. The fraction of sp³-hybridized carbons (Fsp3) is 0.167. The number of nitrogens with one attached hydrogen (secondary N) is 1. The molecule has 0 aliphatic rings. The first-order valence-corrected chi connectivity index (χ1v) is 8.25. The Morgan fingerprint density at radius 3 is 2.96 bits per heavy atom. The molecule has 0 fully saturated rings. The van der Waals surface area contributed by atoms with E-state index in [-0.39, 0.29) is 11.8 Å². The second-order valence-corrected chi connectivity index (χ2v) is 6.35. The van der Waals surface area contributed by atoms with Gasteiger partial charge in [0, 0.05) is 30.9 Å². The van der Waals surface area contributed by atoms with Crippen molar-refractivity contribution in [3.05, 3.63) is 65.4 Å². The van der Waals surface area contributed by atoms with Gasteiger partial charge in [-0.2, -0.15) is 0 Å². The van der Waals surface area contributed by atoms with Gasteiger partial charge >= 0.3 is 0 Å². The van der Waals surface area contributed by atoms with Crippen LogP contribution in [0.25, 0.3) is 16.3 Å². The van der Waals surface area contributed by atoms with E-state index in [4.69, 9.17) is 0 Å². The largest absolute Gasteiger partial charge is 0.352 e. The molecule has 23 heavy (non-hydrogen) atoms. The molecule has 0 saturated carbocycles. The summed E-state index contributed by atoms with van der Waals surface area (Å²) in [5, 5.41) is 3.96. The van der Waals surface area contributed by atoms with Crippen LogP contribution in [0.4, 0.5) is 0 Å². The van der Waals surface area contributed by atoms with Gasteiger partial charge in [-0.15, -0.1) is 11.3 Å². The van der Waals surface area contributed by atoms with E-state index < -0.39 is 0 Å². The van der Waals surface area contributed by atoms with Crippen molar-refractivity contribution in [1.29, 1.82) is 0 Å². The molecule has 2 heterocycles. The van der Waals surface area contributed by atoms with Crippen molar-refractivity contribution in [2.24, 2.45) is 0 Å². The molecule has 116 valence electrons. The SMILES string of the molecule is CC(CNC(=O)/C=C/c1cccnc1)c1nc2ccccc2s1. The number of carbonyl (C=O) groups is 1. The van der Waals surface area contributed by atoms with Crippen molar-refractivity contribution < 1.29 is 4.79 Å². The molecule has 0 bridgehead atoms. The molecule has 3 rings (SSSR count). The summed E-state index contributed by atoms with van der Waals surface area (Å²) in [7, 11) is 0. The van der Waals surface area contributed by atoms with Crippen molar-refractivity contribution >= 4 is 33.5 Å². The molecule has 0 radical (unpaired) electrons. The molecule has 0 aliphatic carbocycles. The van der Waals surface area contributed by atoms with Crippen LogP contribution < -0.4 is 5.32 Å². The zero-order valence-electron chi connectivity index (χ0n) is 12.8. The van der Waals surface area contributed by atoms with Gasteiger partial charge in [0.1, 0.15) is 0 Å². The summed E-state index contributed by atoms with van der Waals surface area (Å²) < 4.78 is 1.18. The Morgan fingerprint density at radius 2 is 2.17 bits per heavy atom. The summed E-state index contributed by atoms with van der Waals surface area (Å²) in [6, 6.07) is 11.8. The van der Waals surface area contributed by atoms with Crippen molar-refractivity contribution in [1.82, 2.24) is 15.3 Å². The Labute approximate surface area is 138 Å². The molecule has 4 nitrogen and oxygen atoms in total. The number of para-hydroxylation sites is 1. The zero-order valence-corrected chi connectivity index (χ0v) is 13.6. The first-order valence-electron chi connectivity index (χ1n) is 7.44. The highest BCUT2D eigenvalue weighted by molar-refractivity contribution is 7.18. The first kappa shape index (κ1) is 15.4. The molecule has 1 N–H and O–H groups in total. The normalized spacial score (nSPS) is 12.6. The number of nitrogens with zero attached hydrogens (tertiary/aromatic N) is 2. The maximum Gasteiger partial charge on any atom is 0.244 e. The predicted octanol–water partition coefficient (Wildman–Crippen LogP) is 3.62. The summed E-state index contributed by atoms with van der Waals surface area (Å²) >= 11 is 1.68. The second-order valence-electron chi connectivity index (χ2n) is 5.29. The highest BCUT2D eigenvalue weighted by atomic mass is 32.1. The van der Waals surface area contributed by atoms with E-state index in [0.29, 0.717) is 6.54 Å². The van der Waals surface area contributed by atoms with Gasteiger partial charge < -0.3 is 5.32 Å². The molecule has 5 heteroatoms. The van der Waals surface area contributed by atoms with Gasteiger partial charge in [0.25, 0.3) is 0 Å². The minimum atomic E-state index is -0.109. The number of hydrogen-bond acceptors (Lipinski definition) is 4. The molecule has 1 unspecified atom stereocenters. The summed E-state index contributed by atoms with van der Waals surface area (Å²) in [6.45, 7) is 2.64. The lowest BCUT2D eigenvalue weighted by Crippen LogP contribution is -2.25. The third-order valence-corrected chi connectivity index (χ3v) is 4.69. The van der Waals surface area contributed by atoms with E-state index in [1.165, 1.54) is 10.8 Å². The Hall–Kier alpha value is -2.53. The van der Waals surface area contributed by atoms with Crippen LogP contribution in [0.1, 0.15) is 23.4 Å². The lowest BCUT2D eigenvalue weighted by Gasteiger charge is -2.08. The lowest BCUT2D eigenvalue weighted by molar-refractivity contribution is -0.116. The van der Waals surface area contributed by atoms with E-state index in [9.17, 15) is 4.79 Å². The van der Waals surface area contributed by atoms with E-state index in [2.05, 4.69) is 28.3 Å². The van der Waals surface area contributed by atoms with E-state index in [0.717, 1.165) is 16.1 Å². The fourth-order valence-corrected chi connectivity index (χ4v) is 3.17. The van der Waals surface area contributed by atoms with Crippen molar-refractivity contribution in [2.45, 2.75) is 12.8 Å². The van der Waals surface area contributed by atoms with Crippen LogP contribution in [-0.2, 0) is 4.79 Å². The number of rotatable bonds is 5. The number of fused-ring (bicyclic) bond motifs is 1. The highest BCUT2D eigenvalue weighted by Gasteiger charge is 2.11. The maximum atomic E-state index is 11.9. The van der Waals surface area contributed by atoms with Crippen LogP contribution in [0.2, 0.25) is 0 Å². The van der Waals surface area contributed by atoms with E-state index in [1.807, 2.05) is 30.3 Å². The van der Waals surface area contributed by atoms with Crippen molar-refractivity contribution in [3.63, 3.8) is 0 Å². The van der Waals surface area contributed by atoms with Gasteiger partial charge in [-0.25, -0.2) is 4.98 Å². The number of aromatic nitrogens is 2. The van der Waals surface area contributed by atoms with Crippen LogP contribution in [-0.4, -0.2) is 22.4 Å². The lowest BCUT2D eigenvalue weighted by atomic mass is 10.2. The first-order chi connectivity index (χ1) is 11.2. The van der Waals surface area contributed by atoms with E-state index in [1.54, 1.807) is 29.8 Å². The fourth-order valence-electron chi connectivity index (χ4n) is 2.15. The minimum absolute atomic E-state index is 0.109. The van der Waals surface area contributed by atoms with Crippen molar-refractivity contribution in [3.8, 4) is 0 Å². The van der Waals surface area contributed by atoms with Gasteiger partial charge in [-0.3, -0.25) is 9.78 Å². The van der Waals surface area contributed by atoms with Gasteiger partial charge in [0.15, 0.2) is 0 Å².